The van der Waals surface area contributed by atoms with E-state index >= 15 is 0 Å². The summed E-state index contributed by atoms with van der Waals surface area (Å²) in [6.07, 6.45) is 0.444. The van der Waals surface area contributed by atoms with Crippen LogP contribution in [0.5, 0.6) is 17.2 Å². The predicted molar refractivity (Wildman–Crippen MR) is 64.7 cm³/mol. The van der Waals surface area contributed by atoms with Crippen molar-refractivity contribution < 1.29 is 19.3 Å². The first-order valence-electron chi connectivity index (χ1n) is 5.34. The van der Waals surface area contributed by atoms with E-state index in [9.17, 15) is 0 Å². The van der Waals surface area contributed by atoms with E-state index < -0.39 is 0 Å². The molecule has 1 aromatic rings. The molecule has 0 heterocycles. The van der Waals surface area contributed by atoms with Crippen LogP contribution in [0.4, 0.5) is 0 Å². The Morgan fingerprint density at radius 1 is 1.12 bits per heavy atom. The zero-order chi connectivity index (χ0) is 12.8. The van der Waals surface area contributed by atoms with Gasteiger partial charge in [0, 0.05) is 24.8 Å². The molecule has 0 aliphatic carbocycles. The molecule has 96 valence electrons. The van der Waals surface area contributed by atoms with Crippen LogP contribution in [0.25, 0.3) is 0 Å². The molecule has 1 unspecified atom stereocenters. The van der Waals surface area contributed by atoms with Gasteiger partial charge in [0.05, 0.1) is 26.9 Å². The second kappa shape index (κ2) is 6.32. The van der Waals surface area contributed by atoms with Crippen LogP contribution >= 0.6 is 0 Å². The smallest absolute Gasteiger partial charge is 0.131 e. The van der Waals surface area contributed by atoms with Crippen molar-refractivity contribution in [2.45, 2.75) is 12.5 Å². The monoisotopic (exact) mass is 241 g/mol. The zero-order valence-corrected chi connectivity index (χ0v) is 10.4. The molecule has 17 heavy (non-hydrogen) atoms. The standard InChI is InChI=1S/C12H19NO4/c1-15-8-6-10(16-2)12(9(13)4-5-14)11(7-8)17-3/h6-7,9,14H,4-5,13H2,1-3H3. The third kappa shape index (κ3) is 3.01. The topological polar surface area (TPSA) is 73.9 Å². The lowest BCUT2D eigenvalue weighted by atomic mass is 10.0. The number of rotatable bonds is 6. The predicted octanol–water partition coefficient (Wildman–Crippen LogP) is 1.09. The van der Waals surface area contributed by atoms with Crippen molar-refractivity contribution in [3.63, 3.8) is 0 Å². The second-order valence-electron chi connectivity index (χ2n) is 3.56. The lowest BCUT2D eigenvalue weighted by Crippen LogP contribution is -2.14. The molecule has 0 saturated carbocycles. The SMILES string of the molecule is COc1cc(OC)c(C(N)CCO)c(OC)c1. The first-order chi connectivity index (χ1) is 8.17. The molecule has 1 atom stereocenters. The molecule has 3 N–H and O–H groups in total. The van der Waals surface area contributed by atoms with E-state index in [1.165, 1.54) is 0 Å². The van der Waals surface area contributed by atoms with E-state index in [4.69, 9.17) is 25.1 Å². The Labute approximate surface area is 101 Å². The minimum absolute atomic E-state index is 0.0134. The van der Waals surface area contributed by atoms with E-state index in [1.54, 1.807) is 33.5 Å². The second-order valence-corrected chi connectivity index (χ2v) is 3.56. The minimum atomic E-state index is -0.337. The molecule has 0 spiro atoms. The van der Waals surface area contributed by atoms with Crippen molar-refractivity contribution in [2.75, 3.05) is 27.9 Å². The Morgan fingerprint density at radius 2 is 1.65 bits per heavy atom. The summed E-state index contributed by atoms with van der Waals surface area (Å²) < 4.78 is 15.7. The average molecular weight is 241 g/mol. The maximum Gasteiger partial charge on any atom is 0.131 e. The van der Waals surface area contributed by atoms with Gasteiger partial charge in [-0.1, -0.05) is 0 Å². The van der Waals surface area contributed by atoms with E-state index in [-0.39, 0.29) is 12.6 Å². The molecule has 0 bridgehead atoms. The van der Waals surface area contributed by atoms with Crippen molar-refractivity contribution >= 4 is 0 Å². The lowest BCUT2D eigenvalue weighted by Gasteiger charge is -2.19. The Kier molecular flexibility index (Phi) is 5.06. The normalized spacial score (nSPS) is 12.1. The fraction of sp³-hybridized carbons (Fsp3) is 0.500. The van der Waals surface area contributed by atoms with Crippen molar-refractivity contribution in [1.29, 1.82) is 0 Å². The Balaban J connectivity index is 3.23. The van der Waals surface area contributed by atoms with E-state index in [1.807, 2.05) is 0 Å². The molecule has 0 amide bonds. The highest BCUT2D eigenvalue weighted by Gasteiger charge is 2.19. The number of nitrogens with two attached hydrogens (primary N) is 1. The number of aliphatic hydroxyl groups is 1. The number of hydrogen-bond acceptors (Lipinski definition) is 5. The summed E-state index contributed by atoms with van der Waals surface area (Å²) in [6, 6.07) is 3.15. The molecule has 5 heteroatoms. The lowest BCUT2D eigenvalue weighted by molar-refractivity contribution is 0.273. The summed E-state index contributed by atoms with van der Waals surface area (Å²) in [5.41, 5.74) is 6.73. The molecule has 5 nitrogen and oxygen atoms in total. The van der Waals surface area contributed by atoms with Gasteiger partial charge in [-0.3, -0.25) is 0 Å². The van der Waals surface area contributed by atoms with E-state index in [0.717, 1.165) is 5.56 Å². The van der Waals surface area contributed by atoms with Gasteiger partial charge in [0.2, 0.25) is 0 Å². The van der Waals surface area contributed by atoms with Gasteiger partial charge in [-0.05, 0) is 6.42 Å². The van der Waals surface area contributed by atoms with Gasteiger partial charge in [-0.15, -0.1) is 0 Å². The summed E-state index contributed by atoms with van der Waals surface area (Å²) in [5.74, 6) is 1.84. The molecule has 1 aromatic carbocycles. The fourth-order valence-corrected chi connectivity index (χ4v) is 1.68. The maximum atomic E-state index is 8.94. The first-order valence-corrected chi connectivity index (χ1v) is 5.34. The maximum absolute atomic E-state index is 8.94. The Bertz CT molecular complexity index is 343. The molecular weight excluding hydrogens is 222 g/mol. The van der Waals surface area contributed by atoms with E-state index in [0.29, 0.717) is 23.7 Å². The number of aliphatic hydroxyl groups excluding tert-OH is 1. The van der Waals surface area contributed by atoms with Gasteiger partial charge >= 0.3 is 0 Å². The van der Waals surface area contributed by atoms with Crippen LogP contribution < -0.4 is 19.9 Å². The number of ether oxygens (including phenoxy) is 3. The van der Waals surface area contributed by atoms with Crippen LogP contribution in [0.15, 0.2) is 12.1 Å². The number of benzene rings is 1. The van der Waals surface area contributed by atoms with Crippen molar-refractivity contribution in [3.05, 3.63) is 17.7 Å². The van der Waals surface area contributed by atoms with Crippen LogP contribution in [0.2, 0.25) is 0 Å². The third-order valence-electron chi connectivity index (χ3n) is 2.56. The molecule has 0 aromatic heterocycles. The van der Waals surface area contributed by atoms with Crippen molar-refractivity contribution in [2.24, 2.45) is 5.73 Å². The van der Waals surface area contributed by atoms with Crippen molar-refractivity contribution in [3.8, 4) is 17.2 Å². The summed E-state index contributed by atoms with van der Waals surface area (Å²) >= 11 is 0. The van der Waals surface area contributed by atoms with Gasteiger partial charge < -0.3 is 25.1 Å². The molecular formula is C12H19NO4. The van der Waals surface area contributed by atoms with Gasteiger partial charge in [0.15, 0.2) is 0 Å². The summed E-state index contributed by atoms with van der Waals surface area (Å²) in [6.45, 7) is 0.0134. The van der Waals surface area contributed by atoms with Crippen LogP contribution in [0, 0.1) is 0 Å². The summed E-state index contributed by atoms with van der Waals surface area (Å²) in [4.78, 5) is 0. The van der Waals surface area contributed by atoms with Crippen LogP contribution in [0.3, 0.4) is 0 Å². The fourth-order valence-electron chi connectivity index (χ4n) is 1.68. The largest absolute Gasteiger partial charge is 0.496 e. The average Bonchev–Trinajstić information content (AvgIpc) is 2.37. The molecule has 0 aliphatic heterocycles. The first kappa shape index (κ1) is 13.6. The highest BCUT2D eigenvalue weighted by molar-refractivity contribution is 5.52. The molecule has 0 radical (unpaired) electrons. The minimum Gasteiger partial charge on any atom is -0.496 e. The van der Waals surface area contributed by atoms with Crippen LogP contribution in [-0.4, -0.2) is 33.0 Å². The summed E-state index contributed by atoms with van der Waals surface area (Å²) in [5, 5.41) is 8.94. The van der Waals surface area contributed by atoms with Crippen LogP contribution in [-0.2, 0) is 0 Å². The Morgan fingerprint density at radius 3 is 2.00 bits per heavy atom. The molecule has 0 fully saturated rings. The highest BCUT2D eigenvalue weighted by atomic mass is 16.5. The molecule has 0 saturated heterocycles. The summed E-state index contributed by atoms with van der Waals surface area (Å²) in [7, 11) is 4.69. The third-order valence-corrected chi connectivity index (χ3v) is 2.56. The Hall–Kier alpha value is -1.46. The van der Waals surface area contributed by atoms with E-state index in [2.05, 4.69) is 0 Å². The van der Waals surface area contributed by atoms with Gasteiger partial charge in [-0.2, -0.15) is 0 Å². The zero-order valence-electron chi connectivity index (χ0n) is 10.4. The number of methoxy groups -OCH3 is 3. The van der Waals surface area contributed by atoms with Crippen molar-refractivity contribution in [1.82, 2.24) is 0 Å². The van der Waals surface area contributed by atoms with Gasteiger partial charge in [-0.25, -0.2) is 0 Å². The molecule has 1 rings (SSSR count). The van der Waals surface area contributed by atoms with Gasteiger partial charge in [0.1, 0.15) is 17.2 Å². The molecule has 0 aliphatic rings. The van der Waals surface area contributed by atoms with Gasteiger partial charge in [0.25, 0.3) is 0 Å². The quantitative estimate of drug-likeness (QED) is 0.780. The number of hydrogen-bond donors (Lipinski definition) is 2. The highest BCUT2D eigenvalue weighted by Crippen LogP contribution is 2.38. The van der Waals surface area contributed by atoms with Crippen LogP contribution in [0.1, 0.15) is 18.0 Å².